The number of esters is 2. The Morgan fingerprint density at radius 1 is 0.787 bits per heavy atom. The Morgan fingerprint density at radius 3 is 1.83 bits per heavy atom. The molecular weight excluding hydrogens is 624 g/mol. The predicted molar refractivity (Wildman–Crippen MR) is 164 cm³/mol. The lowest BCUT2D eigenvalue weighted by Crippen LogP contribution is -2.58. The lowest BCUT2D eigenvalue weighted by Gasteiger charge is -2.26. The third-order valence-corrected chi connectivity index (χ3v) is 6.35. The molecule has 0 aromatic carbocycles. The standard InChI is InChI=1S/C29H46N6O12/c1-7-47-23(40)11-9-8-10-18(33-28(44)20(14-21(30)37)32-17(5)36)27(43)34-19(12-13-22(38)39)26(42)31-16(4)25(41)35-24(15(2)3)29(45)46-6/h9,11,15-16,18-20,24H,7-8,10,12-14H2,1-6H3,(H2,30,37)(H,31,42)(H,32,36)(H,33,44)(H,34,43)(H,35,41)(H,38,39)/b11-9+/t16-,18-,19-,20-,24-/m0/s1. The number of carbonyl (C=O) groups excluding carboxylic acids is 8. The van der Waals surface area contributed by atoms with Crippen LogP contribution in [0.3, 0.4) is 0 Å². The van der Waals surface area contributed by atoms with E-state index < -0.39 is 103 Å². The van der Waals surface area contributed by atoms with Crippen LogP contribution in [0.25, 0.3) is 0 Å². The van der Waals surface area contributed by atoms with Gasteiger partial charge in [0.15, 0.2) is 0 Å². The first kappa shape index (κ1) is 42.0. The van der Waals surface area contributed by atoms with Gasteiger partial charge in [-0.1, -0.05) is 19.9 Å². The fourth-order valence-electron chi connectivity index (χ4n) is 3.92. The van der Waals surface area contributed by atoms with Crippen LogP contribution in [0, 0.1) is 5.92 Å². The third-order valence-electron chi connectivity index (χ3n) is 6.35. The molecular formula is C29H46N6O12. The molecule has 0 aliphatic heterocycles. The summed E-state index contributed by atoms with van der Waals surface area (Å²) in [6.45, 7) is 7.45. The Kier molecular flexibility index (Phi) is 19.3. The van der Waals surface area contributed by atoms with Gasteiger partial charge in [-0.2, -0.15) is 0 Å². The molecule has 0 fully saturated rings. The minimum absolute atomic E-state index is 0.0260. The molecule has 0 rings (SSSR count). The molecule has 0 radical (unpaired) electrons. The van der Waals surface area contributed by atoms with E-state index in [2.05, 4.69) is 31.3 Å². The number of nitrogens with two attached hydrogens (primary N) is 1. The Bertz CT molecular complexity index is 1170. The summed E-state index contributed by atoms with van der Waals surface area (Å²) in [6, 6.07) is -6.64. The molecule has 0 bridgehead atoms. The molecule has 0 saturated carbocycles. The first-order valence-corrected chi connectivity index (χ1v) is 14.8. The number of rotatable bonds is 21. The monoisotopic (exact) mass is 670 g/mol. The highest BCUT2D eigenvalue weighted by atomic mass is 16.5. The molecule has 0 spiro atoms. The number of aliphatic carboxylic acids is 1. The van der Waals surface area contributed by atoms with Crippen molar-refractivity contribution in [2.45, 2.75) is 96.9 Å². The number of primary amides is 1. The number of amides is 6. The summed E-state index contributed by atoms with van der Waals surface area (Å²) in [6.07, 6.45) is 0.752. The second-order valence-corrected chi connectivity index (χ2v) is 10.7. The SMILES string of the molecule is CCOC(=O)/C=C/CC[C@H](NC(=O)[C@H](CC(N)=O)NC(C)=O)C(=O)N[C@@H](CCC(=O)O)C(=O)N[C@@H](C)C(=O)N[C@H](C(=O)OC)C(C)C. The number of methoxy groups -OCH3 is 1. The predicted octanol–water partition coefficient (Wildman–Crippen LogP) is -2.08. The van der Waals surface area contributed by atoms with Crippen molar-refractivity contribution in [3.63, 3.8) is 0 Å². The van der Waals surface area contributed by atoms with Crippen molar-refractivity contribution in [2.75, 3.05) is 13.7 Å². The Morgan fingerprint density at radius 2 is 1.34 bits per heavy atom. The Balaban J connectivity index is 6.07. The highest BCUT2D eigenvalue weighted by Crippen LogP contribution is 2.07. The van der Waals surface area contributed by atoms with Crippen LogP contribution in [0.1, 0.15) is 66.7 Å². The van der Waals surface area contributed by atoms with E-state index in [1.54, 1.807) is 20.8 Å². The first-order valence-electron chi connectivity index (χ1n) is 14.8. The van der Waals surface area contributed by atoms with Crippen LogP contribution >= 0.6 is 0 Å². The number of hydrogen-bond acceptors (Lipinski definition) is 11. The van der Waals surface area contributed by atoms with E-state index in [4.69, 9.17) is 10.5 Å². The van der Waals surface area contributed by atoms with Gasteiger partial charge in [-0.15, -0.1) is 0 Å². The maximum absolute atomic E-state index is 13.4. The number of allylic oxidation sites excluding steroid dienone is 1. The van der Waals surface area contributed by atoms with Gasteiger partial charge in [0, 0.05) is 19.4 Å². The van der Waals surface area contributed by atoms with Crippen molar-refractivity contribution < 1.29 is 57.7 Å². The smallest absolute Gasteiger partial charge is 0.330 e. The highest BCUT2D eigenvalue weighted by molar-refractivity contribution is 5.97. The summed E-state index contributed by atoms with van der Waals surface area (Å²) in [4.78, 5) is 110. The zero-order valence-corrected chi connectivity index (χ0v) is 27.4. The topological polar surface area (TPSA) is 278 Å². The van der Waals surface area contributed by atoms with Crippen LogP contribution in [-0.4, -0.2) is 102 Å². The van der Waals surface area contributed by atoms with Gasteiger partial charge in [0.05, 0.1) is 20.1 Å². The summed E-state index contributed by atoms with van der Waals surface area (Å²) in [5, 5.41) is 21.0. The number of ether oxygens (including phenoxy) is 2. The van der Waals surface area contributed by atoms with E-state index in [9.17, 15) is 48.3 Å². The molecule has 0 aromatic rings. The average Bonchev–Trinajstić information content (AvgIpc) is 2.97. The lowest BCUT2D eigenvalue weighted by molar-refractivity contribution is -0.146. The zero-order chi connectivity index (χ0) is 36.3. The summed E-state index contributed by atoms with van der Waals surface area (Å²) in [7, 11) is 1.15. The molecule has 264 valence electrons. The van der Waals surface area contributed by atoms with Gasteiger partial charge >= 0.3 is 17.9 Å². The molecule has 8 N–H and O–H groups in total. The lowest BCUT2D eigenvalue weighted by atomic mass is 10.0. The van der Waals surface area contributed by atoms with Crippen LogP contribution in [-0.2, 0) is 52.6 Å². The number of carbonyl (C=O) groups is 9. The molecule has 18 heteroatoms. The molecule has 0 aliphatic carbocycles. The fourth-order valence-corrected chi connectivity index (χ4v) is 3.92. The summed E-state index contributed by atoms with van der Waals surface area (Å²) in [5.41, 5.74) is 5.18. The number of carboxylic acid groups (broad SMARTS) is 1. The summed E-state index contributed by atoms with van der Waals surface area (Å²) >= 11 is 0. The van der Waals surface area contributed by atoms with Crippen LogP contribution in [0.2, 0.25) is 0 Å². The van der Waals surface area contributed by atoms with E-state index in [1.807, 2.05) is 0 Å². The van der Waals surface area contributed by atoms with E-state index in [0.29, 0.717) is 0 Å². The molecule has 0 aliphatic rings. The largest absolute Gasteiger partial charge is 0.481 e. The quantitative estimate of drug-likeness (QED) is 0.0512. The van der Waals surface area contributed by atoms with Gasteiger partial charge < -0.3 is 46.9 Å². The zero-order valence-electron chi connectivity index (χ0n) is 27.4. The van der Waals surface area contributed by atoms with Gasteiger partial charge in [-0.05, 0) is 39.0 Å². The van der Waals surface area contributed by atoms with Gasteiger partial charge in [0.1, 0.15) is 30.2 Å². The molecule has 0 saturated heterocycles. The molecule has 5 atom stereocenters. The normalized spacial score (nSPS) is 14.0. The fraction of sp³-hybridized carbons (Fsp3) is 0.621. The summed E-state index contributed by atoms with van der Waals surface area (Å²) < 4.78 is 9.47. The minimum atomic E-state index is -1.51. The maximum Gasteiger partial charge on any atom is 0.330 e. The molecule has 0 heterocycles. The number of nitrogens with one attached hydrogen (secondary N) is 5. The van der Waals surface area contributed by atoms with E-state index >= 15 is 0 Å². The van der Waals surface area contributed by atoms with Crippen molar-refractivity contribution in [1.29, 1.82) is 0 Å². The van der Waals surface area contributed by atoms with E-state index in [-0.39, 0.29) is 25.4 Å². The highest BCUT2D eigenvalue weighted by Gasteiger charge is 2.32. The molecule has 6 amide bonds. The van der Waals surface area contributed by atoms with Crippen molar-refractivity contribution >= 4 is 53.4 Å². The van der Waals surface area contributed by atoms with Crippen LogP contribution in [0.4, 0.5) is 0 Å². The first-order chi connectivity index (χ1) is 21.9. The van der Waals surface area contributed by atoms with E-state index in [0.717, 1.165) is 20.1 Å². The van der Waals surface area contributed by atoms with Crippen LogP contribution in [0.5, 0.6) is 0 Å². The second-order valence-electron chi connectivity index (χ2n) is 10.7. The number of hydrogen-bond donors (Lipinski definition) is 7. The van der Waals surface area contributed by atoms with Gasteiger partial charge in [-0.3, -0.25) is 33.6 Å². The van der Waals surface area contributed by atoms with Gasteiger partial charge in [0.25, 0.3) is 0 Å². The van der Waals surface area contributed by atoms with Crippen LogP contribution in [0.15, 0.2) is 12.2 Å². The minimum Gasteiger partial charge on any atom is -0.481 e. The maximum atomic E-state index is 13.4. The molecule has 18 nitrogen and oxygen atoms in total. The van der Waals surface area contributed by atoms with Crippen molar-refractivity contribution in [1.82, 2.24) is 26.6 Å². The molecule has 0 aromatic heterocycles. The second kappa shape index (κ2) is 21.7. The van der Waals surface area contributed by atoms with Gasteiger partial charge in [0.2, 0.25) is 35.4 Å². The Labute approximate surface area is 272 Å². The average molecular weight is 671 g/mol. The van der Waals surface area contributed by atoms with Crippen molar-refractivity contribution in [3.8, 4) is 0 Å². The van der Waals surface area contributed by atoms with Gasteiger partial charge in [-0.25, -0.2) is 9.59 Å². The van der Waals surface area contributed by atoms with Crippen molar-refractivity contribution in [3.05, 3.63) is 12.2 Å². The summed E-state index contributed by atoms with van der Waals surface area (Å²) in [5.74, 6) is -8.23. The number of carboxylic acids is 1. The molecule has 47 heavy (non-hydrogen) atoms. The molecule has 0 unspecified atom stereocenters. The van der Waals surface area contributed by atoms with Crippen molar-refractivity contribution in [2.24, 2.45) is 11.7 Å². The van der Waals surface area contributed by atoms with E-state index in [1.165, 1.54) is 13.0 Å². The van der Waals surface area contributed by atoms with Crippen LogP contribution < -0.4 is 32.3 Å². The Hall–Kier alpha value is -5.03. The third kappa shape index (κ3) is 17.3.